The number of hydrogen-bond donors (Lipinski definition) is 0. The number of rotatable bonds is 6. The third-order valence-corrected chi connectivity index (χ3v) is 5.85. The molecule has 142 valence electrons. The fourth-order valence-corrected chi connectivity index (χ4v) is 4.47. The van der Waals surface area contributed by atoms with Crippen LogP contribution in [-0.2, 0) is 21.3 Å². The molecule has 0 aliphatic carbocycles. The molecule has 0 saturated carbocycles. The zero-order valence-electron chi connectivity index (χ0n) is 15.2. The van der Waals surface area contributed by atoms with Gasteiger partial charge in [0.2, 0.25) is 11.7 Å². The fourth-order valence-electron chi connectivity index (χ4n) is 3.15. The van der Waals surface area contributed by atoms with Crippen LogP contribution in [0.2, 0.25) is 0 Å². The van der Waals surface area contributed by atoms with Crippen LogP contribution in [0.1, 0.15) is 11.5 Å². The van der Waals surface area contributed by atoms with E-state index >= 15 is 0 Å². The maximum atomic E-state index is 12.7. The number of aromatic nitrogens is 2. The SMILES string of the molecule is COc1ccccc1-c1noc(CS(=O)(=O)Cc2cccc3ccccc23)n1. The highest BCUT2D eigenvalue weighted by Gasteiger charge is 2.20. The second kappa shape index (κ2) is 7.44. The van der Waals surface area contributed by atoms with Gasteiger partial charge in [0.05, 0.1) is 18.4 Å². The Labute approximate surface area is 162 Å². The van der Waals surface area contributed by atoms with Crippen molar-refractivity contribution in [1.29, 1.82) is 0 Å². The first-order chi connectivity index (χ1) is 13.6. The van der Waals surface area contributed by atoms with E-state index in [4.69, 9.17) is 9.26 Å². The maximum absolute atomic E-state index is 12.7. The molecule has 4 aromatic rings. The molecule has 0 N–H and O–H groups in total. The Kier molecular flexibility index (Phi) is 4.83. The molecule has 0 amide bonds. The van der Waals surface area contributed by atoms with Crippen molar-refractivity contribution < 1.29 is 17.7 Å². The monoisotopic (exact) mass is 394 g/mol. The number of ether oxygens (including phenoxy) is 1. The third kappa shape index (κ3) is 3.75. The van der Waals surface area contributed by atoms with Crippen LogP contribution in [0.4, 0.5) is 0 Å². The average molecular weight is 394 g/mol. The molecule has 0 spiro atoms. The molecule has 0 aliphatic heterocycles. The smallest absolute Gasteiger partial charge is 0.242 e. The Balaban J connectivity index is 1.58. The van der Waals surface area contributed by atoms with Crippen molar-refractivity contribution in [2.45, 2.75) is 11.5 Å². The molecule has 0 aliphatic rings. The van der Waals surface area contributed by atoms with E-state index in [2.05, 4.69) is 10.1 Å². The van der Waals surface area contributed by atoms with Crippen LogP contribution in [0.15, 0.2) is 71.3 Å². The topological polar surface area (TPSA) is 82.3 Å². The summed E-state index contributed by atoms with van der Waals surface area (Å²) in [7, 11) is -1.94. The zero-order chi connectivity index (χ0) is 19.6. The highest BCUT2D eigenvalue weighted by atomic mass is 32.2. The standard InChI is InChI=1S/C21H18N2O4S/c1-26-19-12-5-4-11-18(19)21-22-20(27-23-21)14-28(24,25)13-16-9-6-8-15-7-2-3-10-17(15)16/h2-12H,13-14H2,1H3. The molecule has 0 saturated heterocycles. The van der Waals surface area contributed by atoms with Gasteiger partial charge in [0, 0.05) is 0 Å². The van der Waals surface area contributed by atoms with Crippen LogP contribution in [-0.4, -0.2) is 25.7 Å². The lowest BCUT2D eigenvalue weighted by Gasteiger charge is -2.06. The first-order valence-corrected chi connectivity index (χ1v) is 10.5. The van der Waals surface area contributed by atoms with E-state index in [-0.39, 0.29) is 17.4 Å². The summed E-state index contributed by atoms with van der Waals surface area (Å²) in [6.45, 7) is 0. The minimum atomic E-state index is -3.49. The number of fused-ring (bicyclic) bond motifs is 1. The molecule has 28 heavy (non-hydrogen) atoms. The zero-order valence-corrected chi connectivity index (χ0v) is 16.0. The van der Waals surface area contributed by atoms with Crippen molar-refractivity contribution in [3.8, 4) is 17.1 Å². The summed E-state index contributed by atoms with van der Waals surface area (Å²) in [6.07, 6.45) is 0. The summed E-state index contributed by atoms with van der Waals surface area (Å²) >= 11 is 0. The Hall–Kier alpha value is -3.19. The third-order valence-electron chi connectivity index (χ3n) is 4.41. The predicted molar refractivity (Wildman–Crippen MR) is 107 cm³/mol. The van der Waals surface area contributed by atoms with E-state index in [1.54, 1.807) is 19.2 Å². The van der Waals surface area contributed by atoms with Crippen LogP contribution in [0, 0.1) is 0 Å². The summed E-state index contributed by atoms with van der Waals surface area (Å²) in [5.74, 6) is 0.529. The molecule has 0 radical (unpaired) electrons. The number of benzene rings is 3. The Morgan fingerprint density at radius 1 is 0.929 bits per heavy atom. The number of methoxy groups -OCH3 is 1. The number of nitrogens with zero attached hydrogens (tertiary/aromatic N) is 2. The van der Waals surface area contributed by atoms with Gasteiger partial charge in [-0.05, 0) is 28.5 Å². The molecule has 0 bridgehead atoms. The minimum Gasteiger partial charge on any atom is -0.496 e. The molecule has 0 fully saturated rings. The van der Waals surface area contributed by atoms with E-state index in [0.29, 0.717) is 17.1 Å². The lowest BCUT2D eigenvalue weighted by Crippen LogP contribution is -2.08. The summed E-state index contributed by atoms with van der Waals surface area (Å²) in [5.41, 5.74) is 1.40. The molecule has 6 nitrogen and oxygen atoms in total. The molecular weight excluding hydrogens is 376 g/mol. The van der Waals surface area contributed by atoms with E-state index < -0.39 is 9.84 Å². The van der Waals surface area contributed by atoms with Crippen LogP contribution in [0.25, 0.3) is 22.2 Å². The van der Waals surface area contributed by atoms with Crippen molar-refractivity contribution in [3.63, 3.8) is 0 Å². The van der Waals surface area contributed by atoms with Gasteiger partial charge >= 0.3 is 0 Å². The van der Waals surface area contributed by atoms with Crippen molar-refractivity contribution in [2.24, 2.45) is 0 Å². The van der Waals surface area contributed by atoms with E-state index in [1.807, 2.05) is 54.6 Å². The van der Waals surface area contributed by atoms with Gasteiger partial charge in [-0.15, -0.1) is 0 Å². The van der Waals surface area contributed by atoms with Crippen LogP contribution in [0.3, 0.4) is 0 Å². The maximum Gasteiger partial charge on any atom is 0.242 e. The van der Waals surface area contributed by atoms with E-state index in [0.717, 1.165) is 16.3 Å². The molecular formula is C21H18N2O4S. The molecule has 0 unspecified atom stereocenters. The molecule has 7 heteroatoms. The van der Waals surface area contributed by atoms with E-state index in [9.17, 15) is 8.42 Å². The normalized spacial score (nSPS) is 11.6. The second-order valence-electron chi connectivity index (χ2n) is 6.38. The quantitative estimate of drug-likeness (QED) is 0.491. The first kappa shape index (κ1) is 18.2. The fraction of sp³-hybridized carbons (Fsp3) is 0.143. The highest BCUT2D eigenvalue weighted by molar-refractivity contribution is 7.89. The minimum absolute atomic E-state index is 0.0566. The average Bonchev–Trinajstić information content (AvgIpc) is 3.15. The summed E-state index contributed by atoms with van der Waals surface area (Å²) in [6, 6.07) is 20.6. The molecule has 3 aromatic carbocycles. The van der Waals surface area contributed by atoms with Crippen LogP contribution in [0.5, 0.6) is 5.75 Å². The van der Waals surface area contributed by atoms with Gasteiger partial charge in [-0.3, -0.25) is 0 Å². The largest absolute Gasteiger partial charge is 0.496 e. The number of sulfone groups is 1. The summed E-state index contributed by atoms with van der Waals surface area (Å²) in [5, 5.41) is 5.84. The van der Waals surface area contributed by atoms with Gasteiger partial charge in [0.1, 0.15) is 11.5 Å². The predicted octanol–water partition coefficient (Wildman–Crippen LogP) is 4.01. The lowest BCUT2D eigenvalue weighted by atomic mass is 10.1. The second-order valence-corrected chi connectivity index (χ2v) is 8.45. The Morgan fingerprint density at radius 2 is 1.68 bits per heavy atom. The van der Waals surface area contributed by atoms with Gasteiger partial charge in [-0.25, -0.2) is 8.42 Å². The van der Waals surface area contributed by atoms with Gasteiger partial charge in [0.15, 0.2) is 9.84 Å². The Bertz CT molecular complexity index is 1230. The number of para-hydroxylation sites is 1. The summed E-state index contributed by atoms with van der Waals surface area (Å²) < 4.78 is 35.9. The van der Waals surface area contributed by atoms with Crippen LogP contribution < -0.4 is 4.74 Å². The van der Waals surface area contributed by atoms with Gasteiger partial charge in [-0.1, -0.05) is 59.8 Å². The lowest BCUT2D eigenvalue weighted by molar-refractivity contribution is 0.388. The molecule has 1 aromatic heterocycles. The van der Waals surface area contributed by atoms with Gasteiger partial charge in [-0.2, -0.15) is 4.98 Å². The van der Waals surface area contributed by atoms with Gasteiger partial charge < -0.3 is 9.26 Å². The van der Waals surface area contributed by atoms with Crippen molar-refractivity contribution >= 4 is 20.6 Å². The van der Waals surface area contributed by atoms with Gasteiger partial charge in [0.25, 0.3) is 0 Å². The highest BCUT2D eigenvalue weighted by Crippen LogP contribution is 2.28. The van der Waals surface area contributed by atoms with Crippen molar-refractivity contribution in [2.75, 3.05) is 7.11 Å². The first-order valence-electron chi connectivity index (χ1n) is 8.69. The van der Waals surface area contributed by atoms with Crippen LogP contribution >= 0.6 is 0 Å². The van der Waals surface area contributed by atoms with Crippen molar-refractivity contribution in [3.05, 3.63) is 78.2 Å². The number of hydrogen-bond acceptors (Lipinski definition) is 6. The molecule has 1 heterocycles. The summed E-state index contributed by atoms with van der Waals surface area (Å²) in [4.78, 5) is 4.24. The molecule has 4 rings (SSSR count). The van der Waals surface area contributed by atoms with Crippen molar-refractivity contribution in [1.82, 2.24) is 10.1 Å². The Morgan fingerprint density at radius 3 is 2.54 bits per heavy atom. The molecule has 0 atom stereocenters. The van der Waals surface area contributed by atoms with E-state index in [1.165, 1.54) is 0 Å².